The summed E-state index contributed by atoms with van der Waals surface area (Å²) in [6, 6.07) is 0.222. The van der Waals surface area contributed by atoms with Gasteiger partial charge in [-0.05, 0) is 25.9 Å². The van der Waals surface area contributed by atoms with E-state index in [0.29, 0.717) is 0 Å². The lowest BCUT2D eigenvalue weighted by atomic mass is 10.1. The zero-order chi connectivity index (χ0) is 10.4. The van der Waals surface area contributed by atoms with Crippen molar-refractivity contribution >= 4 is 11.9 Å². The van der Waals surface area contributed by atoms with Crippen LogP contribution in [-0.2, 0) is 14.3 Å². The Morgan fingerprint density at radius 2 is 2.07 bits per heavy atom. The Morgan fingerprint density at radius 3 is 2.64 bits per heavy atom. The Hall–Kier alpha value is -1.10. The van der Waals surface area contributed by atoms with Crippen molar-refractivity contribution in [3.05, 3.63) is 0 Å². The largest absolute Gasteiger partial charge is 0.456 e. The van der Waals surface area contributed by atoms with E-state index in [1.54, 1.807) is 0 Å². The molecule has 0 spiro atoms. The number of hydrogen-bond acceptors (Lipinski definition) is 4. The van der Waals surface area contributed by atoms with Gasteiger partial charge in [0.1, 0.15) is 0 Å². The summed E-state index contributed by atoms with van der Waals surface area (Å²) in [6.07, 6.45) is 1.87. The van der Waals surface area contributed by atoms with Crippen molar-refractivity contribution in [2.45, 2.75) is 25.8 Å². The molecular formula is C9H16N2O3. The summed E-state index contributed by atoms with van der Waals surface area (Å²) in [5.41, 5.74) is 0. The van der Waals surface area contributed by atoms with Crippen LogP contribution in [0.2, 0.25) is 0 Å². The van der Waals surface area contributed by atoms with Gasteiger partial charge in [0.15, 0.2) is 6.61 Å². The van der Waals surface area contributed by atoms with Crippen LogP contribution >= 0.6 is 0 Å². The molecule has 1 saturated heterocycles. The molecule has 0 aromatic heterocycles. The summed E-state index contributed by atoms with van der Waals surface area (Å²) < 4.78 is 4.58. The number of amides is 1. The van der Waals surface area contributed by atoms with Crippen LogP contribution in [-0.4, -0.2) is 37.6 Å². The second kappa shape index (κ2) is 5.59. The second-order valence-corrected chi connectivity index (χ2v) is 3.37. The van der Waals surface area contributed by atoms with Crippen LogP contribution in [0, 0.1) is 0 Å². The Labute approximate surface area is 83.2 Å². The number of nitrogens with one attached hydrogen (secondary N) is 2. The average molecular weight is 200 g/mol. The first-order valence-corrected chi connectivity index (χ1v) is 4.82. The SMILES string of the molecule is CC(=O)OCC(=O)NC1CCNCC1. The minimum absolute atomic E-state index is 0.167. The normalized spacial score (nSPS) is 17.5. The van der Waals surface area contributed by atoms with Crippen molar-refractivity contribution < 1.29 is 14.3 Å². The van der Waals surface area contributed by atoms with Gasteiger partial charge >= 0.3 is 5.97 Å². The maximum Gasteiger partial charge on any atom is 0.303 e. The molecule has 1 amide bonds. The van der Waals surface area contributed by atoms with Gasteiger partial charge < -0.3 is 15.4 Å². The van der Waals surface area contributed by atoms with Gasteiger partial charge in [0.25, 0.3) is 5.91 Å². The number of rotatable bonds is 3. The lowest BCUT2D eigenvalue weighted by Gasteiger charge is -2.23. The molecule has 5 nitrogen and oxygen atoms in total. The molecule has 1 heterocycles. The van der Waals surface area contributed by atoms with Gasteiger partial charge in [0.05, 0.1) is 0 Å². The van der Waals surface area contributed by atoms with E-state index in [9.17, 15) is 9.59 Å². The molecule has 5 heteroatoms. The van der Waals surface area contributed by atoms with Gasteiger partial charge in [0.2, 0.25) is 0 Å². The molecule has 1 aliphatic heterocycles. The smallest absolute Gasteiger partial charge is 0.303 e. The maximum absolute atomic E-state index is 11.2. The van der Waals surface area contributed by atoms with Crippen LogP contribution in [0.5, 0.6) is 0 Å². The molecule has 14 heavy (non-hydrogen) atoms. The first kappa shape index (κ1) is 11.0. The zero-order valence-electron chi connectivity index (χ0n) is 8.34. The predicted molar refractivity (Wildman–Crippen MR) is 50.7 cm³/mol. The highest BCUT2D eigenvalue weighted by molar-refractivity contribution is 5.80. The van der Waals surface area contributed by atoms with Crippen molar-refractivity contribution in [3.63, 3.8) is 0 Å². The number of esters is 1. The topological polar surface area (TPSA) is 67.4 Å². The second-order valence-electron chi connectivity index (χ2n) is 3.37. The molecule has 0 unspecified atom stereocenters. The van der Waals surface area contributed by atoms with Gasteiger partial charge in [-0.15, -0.1) is 0 Å². The summed E-state index contributed by atoms with van der Waals surface area (Å²) in [7, 11) is 0. The molecule has 0 atom stereocenters. The van der Waals surface area contributed by atoms with Crippen LogP contribution in [0.25, 0.3) is 0 Å². The molecular weight excluding hydrogens is 184 g/mol. The molecule has 0 aromatic rings. The van der Waals surface area contributed by atoms with Gasteiger partial charge in [0, 0.05) is 13.0 Å². The van der Waals surface area contributed by atoms with Crippen molar-refractivity contribution in [2.75, 3.05) is 19.7 Å². The van der Waals surface area contributed by atoms with Gasteiger partial charge in [-0.25, -0.2) is 0 Å². The molecule has 0 bridgehead atoms. The van der Waals surface area contributed by atoms with E-state index in [1.165, 1.54) is 6.92 Å². The molecule has 80 valence electrons. The fourth-order valence-corrected chi connectivity index (χ4v) is 1.40. The standard InChI is InChI=1S/C9H16N2O3/c1-7(12)14-6-9(13)11-8-2-4-10-5-3-8/h8,10H,2-6H2,1H3,(H,11,13). The maximum atomic E-state index is 11.2. The molecule has 1 rings (SSSR count). The molecule has 0 saturated carbocycles. The van der Waals surface area contributed by atoms with E-state index >= 15 is 0 Å². The Balaban J connectivity index is 2.15. The highest BCUT2D eigenvalue weighted by Gasteiger charge is 2.15. The Kier molecular flexibility index (Phi) is 4.39. The van der Waals surface area contributed by atoms with Crippen molar-refractivity contribution in [2.24, 2.45) is 0 Å². The quantitative estimate of drug-likeness (QED) is 0.598. The predicted octanol–water partition coefficient (Wildman–Crippen LogP) is -0.582. The third-order valence-electron chi connectivity index (χ3n) is 2.11. The molecule has 1 fully saturated rings. The van der Waals surface area contributed by atoms with Crippen LogP contribution in [0.1, 0.15) is 19.8 Å². The van der Waals surface area contributed by atoms with Crippen LogP contribution in [0.15, 0.2) is 0 Å². The molecule has 0 aliphatic carbocycles. The summed E-state index contributed by atoms with van der Waals surface area (Å²) in [5.74, 6) is -0.641. The van der Waals surface area contributed by atoms with Gasteiger partial charge in [-0.1, -0.05) is 0 Å². The Bertz CT molecular complexity index is 212. The van der Waals surface area contributed by atoms with Crippen molar-refractivity contribution in [1.29, 1.82) is 0 Å². The van der Waals surface area contributed by atoms with Gasteiger partial charge in [-0.2, -0.15) is 0 Å². The lowest BCUT2D eigenvalue weighted by Crippen LogP contribution is -2.44. The number of carbonyl (C=O) groups excluding carboxylic acids is 2. The fraction of sp³-hybridized carbons (Fsp3) is 0.778. The van der Waals surface area contributed by atoms with Crippen LogP contribution in [0.3, 0.4) is 0 Å². The van der Waals surface area contributed by atoms with E-state index in [4.69, 9.17) is 0 Å². The van der Waals surface area contributed by atoms with E-state index in [-0.39, 0.29) is 18.6 Å². The van der Waals surface area contributed by atoms with Crippen molar-refractivity contribution in [3.8, 4) is 0 Å². The zero-order valence-corrected chi connectivity index (χ0v) is 8.34. The van der Waals surface area contributed by atoms with E-state index < -0.39 is 5.97 Å². The fourth-order valence-electron chi connectivity index (χ4n) is 1.40. The monoisotopic (exact) mass is 200 g/mol. The third kappa shape index (κ3) is 4.23. The van der Waals surface area contributed by atoms with E-state index in [0.717, 1.165) is 25.9 Å². The minimum atomic E-state index is -0.425. The number of carbonyl (C=O) groups is 2. The molecule has 0 aromatic carbocycles. The highest BCUT2D eigenvalue weighted by atomic mass is 16.5. The molecule has 1 aliphatic rings. The summed E-state index contributed by atoms with van der Waals surface area (Å²) >= 11 is 0. The summed E-state index contributed by atoms with van der Waals surface area (Å²) in [6.45, 7) is 2.98. The summed E-state index contributed by atoms with van der Waals surface area (Å²) in [4.78, 5) is 21.6. The number of hydrogen-bond donors (Lipinski definition) is 2. The van der Waals surface area contributed by atoms with E-state index in [2.05, 4.69) is 15.4 Å². The van der Waals surface area contributed by atoms with E-state index in [1.807, 2.05) is 0 Å². The minimum Gasteiger partial charge on any atom is -0.456 e. The van der Waals surface area contributed by atoms with Crippen LogP contribution in [0.4, 0.5) is 0 Å². The average Bonchev–Trinajstić information content (AvgIpc) is 2.16. The van der Waals surface area contributed by atoms with Crippen LogP contribution < -0.4 is 10.6 Å². The number of piperidine rings is 1. The Morgan fingerprint density at radius 1 is 1.43 bits per heavy atom. The number of ether oxygens (including phenoxy) is 1. The first-order valence-electron chi connectivity index (χ1n) is 4.82. The highest BCUT2D eigenvalue weighted by Crippen LogP contribution is 2.01. The molecule has 0 radical (unpaired) electrons. The molecule has 2 N–H and O–H groups in total. The summed E-state index contributed by atoms with van der Waals surface area (Å²) in [5, 5.41) is 6.02. The first-order chi connectivity index (χ1) is 6.68. The lowest BCUT2D eigenvalue weighted by molar-refractivity contribution is -0.146. The van der Waals surface area contributed by atoms with Gasteiger partial charge in [-0.3, -0.25) is 9.59 Å². The third-order valence-corrected chi connectivity index (χ3v) is 2.11. The van der Waals surface area contributed by atoms with Crippen molar-refractivity contribution in [1.82, 2.24) is 10.6 Å².